The minimum atomic E-state index is -4.64. The van der Waals surface area contributed by atoms with E-state index in [1.807, 2.05) is 21.1 Å². The van der Waals surface area contributed by atoms with Crippen LogP contribution in [0.4, 0.5) is 0 Å². The minimum Gasteiger partial charge on any atom is -0.756 e. The Kier molecular flexibility index (Phi) is 56.7. The lowest BCUT2D eigenvalue weighted by Gasteiger charge is -2.28. The second kappa shape index (κ2) is 58.8. The first-order valence-electron chi connectivity index (χ1n) is 32.3. The summed E-state index contributed by atoms with van der Waals surface area (Å²) in [7, 11) is 1.17. The first-order chi connectivity index (χ1) is 38.0. The summed E-state index contributed by atoms with van der Waals surface area (Å²) in [5, 5.41) is 0. The van der Waals surface area contributed by atoms with Crippen molar-refractivity contribution in [2.45, 2.75) is 290 Å². The number of allylic oxidation sites excluding steroid dienone is 14. The van der Waals surface area contributed by atoms with Crippen LogP contribution in [-0.2, 0) is 32.7 Å². The zero-order valence-corrected chi connectivity index (χ0v) is 52.2. The van der Waals surface area contributed by atoms with E-state index >= 15 is 0 Å². The second-order valence-corrected chi connectivity index (χ2v) is 24.2. The number of carbonyl (C=O) groups excluding carboxylic acids is 2. The summed E-state index contributed by atoms with van der Waals surface area (Å²) in [4.78, 5) is 38.0. The van der Waals surface area contributed by atoms with Crippen molar-refractivity contribution in [2.24, 2.45) is 0 Å². The van der Waals surface area contributed by atoms with Crippen molar-refractivity contribution in [3.05, 3.63) is 85.1 Å². The quantitative estimate of drug-likeness (QED) is 0.0195. The van der Waals surface area contributed by atoms with Gasteiger partial charge in [-0.05, 0) is 89.9 Å². The summed E-state index contributed by atoms with van der Waals surface area (Å²) < 4.78 is 34.2. The van der Waals surface area contributed by atoms with Crippen LogP contribution < -0.4 is 4.89 Å². The number of quaternary nitrogens is 1. The number of ether oxygens (including phenoxy) is 2. The van der Waals surface area contributed by atoms with Crippen LogP contribution in [0.15, 0.2) is 85.1 Å². The first kappa shape index (κ1) is 75.2. The fourth-order valence-corrected chi connectivity index (χ4v) is 9.68. The molecule has 0 amide bonds. The molecule has 10 heteroatoms. The van der Waals surface area contributed by atoms with E-state index in [-0.39, 0.29) is 32.0 Å². The largest absolute Gasteiger partial charge is 0.756 e. The molecule has 0 N–H and O–H groups in total. The number of phosphoric acid groups is 1. The Labute approximate surface area is 481 Å². The number of rotatable bonds is 59. The Morgan fingerprint density at radius 1 is 0.410 bits per heavy atom. The van der Waals surface area contributed by atoms with E-state index in [9.17, 15) is 19.0 Å². The molecule has 0 saturated heterocycles. The number of carbonyl (C=O) groups is 2. The second-order valence-electron chi connectivity index (χ2n) is 22.7. The number of esters is 2. The average Bonchev–Trinajstić information content (AvgIpc) is 3.41. The van der Waals surface area contributed by atoms with Gasteiger partial charge in [0.05, 0.1) is 27.7 Å². The maximum atomic E-state index is 12.8. The van der Waals surface area contributed by atoms with Gasteiger partial charge in [0.25, 0.3) is 7.82 Å². The molecule has 0 aromatic carbocycles. The minimum absolute atomic E-state index is 0.0330. The van der Waals surface area contributed by atoms with Crippen LogP contribution in [0.2, 0.25) is 0 Å². The lowest BCUT2D eigenvalue weighted by molar-refractivity contribution is -0.870. The van der Waals surface area contributed by atoms with Gasteiger partial charge >= 0.3 is 11.9 Å². The molecule has 0 heterocycles. The van der Waals surface area contributed by atoms with Crippen LogP contribution in [0.1, 0.15) is 284 Å². The number of nitrogens with zero attached hydrogens (tertiary/aromatic N) is 1. The highest BCUT2D eigenvalue weighted by atomic mass is 31.2. The molecule has 0 rings (SSSR count). The SMILES string of the molecule is CC/C=C\C/C=C\C/C=C\C/C=C\C/C=C\C/C=C\CCCCCCCCCCCCCCCCC(=O)OC(COC(=O)CCCCCCCCCCC/C=C\CCCCCCCCCC)COP(=O)([O-])OCC[N+](C)(C)C. The molecule has 0 aromatic heterocycles. The van der Waals surface area contributed by atoms with Crippen molar-refractivity contribution in [1.82, 2.24) is 0 Å². The number of hydrogen-bond donors (Lipinski definition) is 0. The van der Waals surface area contributed by atoms with E-state index in [0.717, 1.165) is 77.0 Å². The Hall–Kier alpha value is -2.81. The Bertz CT molecular complexity index is 1590. The third-order valence-corrected chi connectivity index (χ3v) is 14.9. The molecule has 0 aromatic rings. The number of unbranched alkanes of at least 4 members (excludes halogenated alkanes) is 31. The summed E-state index contributed by atoms with van der Waals surface area (Å²) >= 11 is 0. The summed E-state index contributed by atoms with van der Waals surface area (Å²) in [5.41, 5.74) is 0. The van der Waals surface area contributed by atoms with Crippen molar-refractivity contribution in [1.29, 1.82) is 0 Å². The van der Waals surface area contributed by atoms with E-state index in [1.165, 1.54) is 173 Å². The predicted molar refractivity (Wildman–Crippen MR) is 332 cm³/mol. The van der Waals surface area contributed by atoms with Crippen LogP contribution in [0, 0.1) is 0 Å². The lowest BCUT2D eigenvalue weighted by atomic mass is 10.0. The van der Waals surface area contributed by atoms with Crippen molar-refractivity contribution in [2.75, 3.05) is 47.5 Å². The van der Waals surface area contributed by atoms with Gasteiger partial charge in [0.15, 0.2) is 6.10 Å². The highest BCUT2D eigenvalue weighted by molar-refractivity contribution is 7.45. The highest BCUT2D eigenvalue weighted by Crippen LogP contribution is 2.38. The third kappa shape index (κ3) is 62.4. The zero-order chi connectivity index (χ0) is 57.0. The van der Waals surface area contributed by atoms with Gasteiger partial charge in [-0.3, -0.25) is 14.2 Å². The molecule has 0 saturated carbocycles. The molecular formula is C68H122NO8P. The maximum absolute atomic E-state index is 12.8. The van der Waals surface area contributed by atoms with Crippen LogP contribution in [0.5, 0.6) is 0 Å². The molecule has 78 heavy (non-hydrogen) atoms. The van der Waals surface area contributed by atoms with E-state index in [4.69, 9.17) is 18.5 Å². The van der Waals surface area contributed by atoms with Gasteiger partial charge < -0.3 is 27.9 Å². The van der Waals surface area contributed by atoms with Crippen LogP contribution in [0.3, 0.4) is 0 Å². The molecule has 0 aliphatic carbocycles. The van der Waals surface area contributed by atoms with E-state index in [1.54, 1.807) is 0 Å². The van der Waals surface area contributed by atoms with Gasteiger partial charge in [0.2, 0.25) is 0 Å². The number of hydrogen-bond acceptors (Lipinski definition) is 8. The number of likely N-dealkylation sites (N-methyl/N-ethyl adjacent to an activating group) is 1. The third-order valence-electron chi connectivity index (χ3n) is 13.9. The van der Waals surface area contributed by atoms with Crippen molar-refractivity contribution in [3.63, 3.8) is 0 Å². The monoisotopic (exact) mass is 1110 g/mol. The molecule has 0 radical (unpaired) electrons. The van der Waals surface area contributed by atoms with Crippen molar-refractivity contribution >= 4 is 19.8 Å². The molecule has 0 fully saturated rings. The van der Waals surface area contributed by atoms with Crippen LogP contribution in [-0.4, -0.2) is 70.0 Å². The Balaban J connectivity index is 4.08. The molecule has 2 unspecified atom stereocenters. The fourth-order valence-electron chi connectivity index (χ4n) is 8.95. The van der Waals surface area contributed by atoms with Gasteiger partial charge in [-0.1, -0.05) is 266 Å². The van der Waals surface area contributed by atoms with E-state index in [0.29, 0.717) is 17.4 Å². The van der Waals surface area contributed by atoms with Crippen LogP contribution >= 0.6 is 7.82 Å². The fraction of sp³-hybridized carbons (Fsp3) is 0.765. The van der Waals surface area contributed by atoms with Gasteiger partial charge in [0.1, 0.15) is 19.8 Å². The highest BCUT2D eigenvalue weighted by Gasteiger charge is 2.22. The summed E-state index contributed by atoms with van der Waals surface area (Å²) in [6.45, 7) is 4.15. The molecular weight excluding hydrogens is 990 g/mol. The first-order valence-corrected chi connectivity index (χ1v) is 33.8. The summed E-state index contributed by atoms with van der Waals surface area (Å²) in [5.74, 6) is -0.830. The number of phosphoric ester groups is 1. The lowest BCUT2D eigenvalue weighted by Crippen LogP contribution is -2.37. The molecule has 0 aliphatic rings. The molecule has 2 atom stereocenters. The van der Waals surface area contributed by atoms with Crippen molar-refractivity contribution in [3.8, 4) is 0 Å². The molecule has 9 nitrogen and oxygen atoms in total. The average molecular weight is 1110 g/mol. The smallest absolute Gasteiger partial charge is 0.306 e. The molecule has 0 aliphatic heterocycles. The topological polar surface area (TPSA) is 111 Å². The summed E-state index contributed by atoms with van der Waals surface area (Å²) in [6.07, 6.45) is 79.3. The van der Waals surface area contributed by atoms with Gasteiger partial charge in [-0.15, -0.1) is 0 Å². The van der Waals surface area contributed by atoms with Gasteiger partial charge in [-0.2, -0.15) is 0 Å². The van der Waals surface area contributed by atoms with Gasteiger partial charge in [0, 0.05) is 12.8 Å². The molecule has 452 valence electrons. The normalized spacial score (nSPS) is 13.8. The zero-order valence-electron chi connectivity index (χ0n) is 51.3. The van der Waals surface area contributed by atoms with Crippen LogP contribution in [0.25, 0.3) is 0 Å². The standard InChI is InChI=1S/C68H122NO8P/c1-6-8-10-12-14-16-18-20-22-24-26-28-29-30-31-32-33-34-35-36-37-38-39-41-43-45-47-49-51-53-55-57-59-61-68(71)77-66(65-76-78(72,73)75-63-62-69(3,4)5)64-74-67(70)60-58-56-54-52-50-48-46-44-42-40-27-25-23-21-19-17-15-13-11-9-7-2/h8,10,14,16,20,22,25-28,30-31,33-34,66H,6-7,9,11-13,15,17-19,21,23-24,29,32,35-65H2,1-5H3/b10-8-,16-14-,22-20-,27-25-,28-26-,31-30-,34-33-. The molecule has 0 spiro atoms. The van der Waals surface area contributed by atoms with E-state index in [2.05, 4.69) is 98.9 Å². The van der Waals surface area contributed by atoms with Crippen molar-refractivity contribution < 1.29 is 42.1 Å². The summed E-state index contributed by atoms with van der Waals surface area (Å²) in [6, 6.07) is 0. The van der Waals surface area contributed by atoms with Gasteiger partial charge in [-0.25, -0.2) is 0 Å². The molecule has 0 bridgehead atoms. The predicted octanol–water partition coefficient (Wildman–Crippen LogP) is 20.0. The van der Waals surface area contributed by atoms with E-state index < -0.39 is 26.5 Å². The maximum Gasteiger partial charge on any atom is 0.306 e. The Morgan fingerprint density at radius 3 is 1.10 bits per heavy atom. The Morgan fingerprint density at radius 2 is 0.731 bits per heavy atom.